The number of benzene rings is 1. The van der Waals surface area contributed by atoms with E-state index in [1.165, 1.54) is 29.9 Å². The number of hydrogen-bond acceptors (Lipinski definition) is 4. The summed E-state index contributed by atoms with van der Waals surface area (Å²) in [4.78, 5) is 33.9. The molecule has 0 unspecified atom stereocenters. The van der Waals surface area contributed by atoms with Crippen molar-refractivity contribution in [1.82, 2.24) is 15.2 Å². The van der Waals surface area contributed by atoms with Crippen LogP contribution in [0.1, 0.15) is 59.1 Å². The molecular weight excluding hydrogens is 425 g/mol. The molecule has 1 N–H and O–H groups in total. The maximum Gasteiger partial charge on any atom is 0.273 e. The number of nitrogens with zero attached hydrogens (tertiary/aromatic N) is 2. The maximum atomic E-state index is 13.7. The molecule has 32 heavy (non-hydrogen) atoms. The fourth-order valence-electron chi connectivity index (χ4n) is 4.13. The van der Waals surface area contributed by atoms with Crippen molar-refractivity contribution in [3.63, 3.8) is 0 Å². The minimum Gasteiger partial charge on any atom is -0.351 e. The average molecular weight is 452 g/mol. The van der Waals surface area contributed by atoms with Crippen LogP contribution in [0.3, 0.4) is 0 Å². The van der Waals surface area contributed by atoms with Gasteiger partial charge in [-0.1, -0.05) is 43.5 Å². The number of pyridine rings is 1. The molecule has 0 aliphatic heterocycles. The highest BCUT2D eigenvalue weighted by Crippen LogP contribution is 2.28. The molecule has 2 aromatic heterocycles. The van der Waals surface area contributed by atoms with Gasteiger partial charge >= 0.3 is 0 Å². The molecular formula is C25H26FN3O2S. The van der Waals surface area contributed by atoms with Gasteiger partial charge in [0.2, 0.25) is 5.91 Å². The largest absolute Gasteiger partial charge is 0.351 e. The molecule has 1 atom stereocenters. The quantitative estimate of drug-likeness (QED) is 0.543. The van der Waals surface area contributed by atoms with Gasteiger partial charge in [0.25, 0.3) is 5.91 Å². The maximum absolute atomic E-state index is 13.7. The van der Waals surface area contributed by atoms with Crippen LogP contribution in [0.4, 0.5) is 4.39 Å². The van der Waals surface area contributed by atoms with Crippen LogP contribution in [0.25, 0.3) is 0 Å². The van der Waals surface area contributed by atoms with Crippen LogP contribution in [0, 0.1) is 5.82 Å². The van der Waals surface area contributed by atoms with E-state index >= 15 is 0 Å². The van der Waals surface area contributed by atoms with Gasteiger partial charge in [0.15, 0.2) is 0 Å². The molecule has 0 saturated heterocycles. The van der Waals surface area contributed by atoms with E-state index < -0.39 is 6.04 Å². The van der Waals surface area contributed by atoms with Gasteiger partial charge in [-0.15, -0.1) is 11.3 Å². The SMILES string of the molecule is O=C(NC1CCCCC1)[C@H](c1ccc(F)cc1)N(Cc1cccs1)C(=O)c1ccccn1. The van der Waals surface area contributed by atoms with E-state index in [0.717, 1.165) is 30.6 Å². The summed E-state index contributed by atoms with van der Waals surface area (Å²) < 4.78 is 13.7. The lowest BCUT2D eigenvalue weighted by Gasteiger charge is -2.33. The first-order chi connectivity index (χ1) is 15.6. The Hall–Kier alpha value is -3.06. The van der Waals surface area contributed by atoms with Crippen LogP contribution in [-0.2, 0) is 11.3 Å². The van der Waals surface area contributed by atoms with Crippen molar-refractivity contribution in [2.24, 2.45) is 0 Å². The third kappa shape index (κ3) is 5.40. The van der Waals surface area contributed by atoms with E-state index in [1.807, 2.05) is 17.5 Å². The van der Waals surface area contributed by atoms with Gasteiger partial charge < -0.3 is 10.2 Å². The molecule has 1 aliphatic rings. The summed E-state index contributed by atoms with van der Waals surface area (Å²) >= 11 is 1.52. The van der Waals surface area contributed by atoms with Gasteiger partial charge in [-0.2, -0.15) is 0 Å². The van der Waals surface area contributed by atoms with Crippen molar-refractivity contribution in [1.29, 1.82) is 0 Å². The highest BCUT2D eigenvalue weighted by molar-refractivity contribution is 7.09. The predicted octanol–water partition coefficient (Wildman–Crippen LogP) is 5.11. The zero-order chi connectivity index (χ0) is 22.3. The first kappa shape index (κ1) is 22.1. The van der Waals surface area contributed by atoms with E-state index in [0.29, 0.717) is 5.56 Å². The summed E-state index contributed by atoms with van der Waals surface area (Å²) in [5.41, 5.74) is 0.835. The molecule has 3 aromatic rings. The van der Waals surface area contributed by atoms with E-state index in [9.17, 15) is 14.0 Å². The number of hydrogen-bond donors (Lipinski definition) is 1. The number of amides is 2. The summed E-state index contributed by atoms with van der Waals surface area (Å²) in [6.45, 7) is 0.257. The number of rotatable bonds is 7. The Bertz CT molecular complexity index is 1020. The normalized spacial score (nSPS) is 15.2. The molecule has 0 spiro atoms. The predicted molar refractivity (Wildman–Crippen MR) is 123 cm³/mol. The third-order valence-electron chi connectivity index (χ3n) is 5.75. The van der Waals surface area contributed by atoms with E-state index in [-0.39, 0.29) is 35.9 Å². The number of thiophene rings is 1. The molecule has 2 heterocycles. The monoisotopic (exact) mass is 451 g/mol. The molecule has 1 aromatic carbocycles. The standard InChI is InChI=1S/C25H26FN3O2S/c26-19-13-11-18(12-14-19)23(24(30)28-20-7-2-1-3-8-20)29(17-21-9-6-16-32-21)25(31)22-10-4-5-15-27-22/h4-6,9-16,20,23H,1-3,7-8,17H2,(H,28,30)/t23-/m0/s1. The molecule has 166 valence electrons. The zero-order valence-corrected chi connectivity index (χ0v) is 18.6. The van der Waals surface area contributed by atoms with Gasteiger partial charge in [-0.05, 0) is 54.1 Å². The van der Waals surface area contributed by atoms with Crippen molar-refractivity contribution in [3.05, 3.63) is 88.1 Å². The van der Waals surface area contributed by atoms with Crippen molar-refractivity contribution in [2.75, 3.05) is 0 Å². The topological polar surface area (TPSA) is 62.3 Å². The first-order valence-corrected chi connectivity index (χ1v) is 11.8. The Morgan fingerprint density at radius 2 is 1.84 bits per heavy atom. The summed E-state index contributed by atoms with van der Waals surface area (Å²) in [6.07, 6.45) is 6.76. The molecule has 1 fully saturated rings. The Morgan fingerprint density at radius 3 is 2.50 bits per heavy atom. The number of nitrogens with one attached hydrogen (secondary N) is 1. The molecule has 1 aliphatic carbocycles. The second kappa shape index (κ2) is 10.5. The van der Waals surface area contributed by atoms with Crippen molar-refractivity contribution < 1.29 is 14.0 Å². The van der Waals surface area contributed by atoms with Gasteiger partial charge in [-0.3, -0.25) is 14.6 Å². The second-order valence-corrected chi connectivity index (χ2v) is 9.06. The number of carbonyl (C=O) groups is 2. The minimum atomic E-state index is -0.894. The van der Waals surface area contributed by atoms with Crippen molar-refractivity contribution in [3.8, 4) is 0 Å². The lowest BCUT2D eigenvalue weighted by Crippen LogP contribution is -2.47. The molecule has 0 radical (unpaired) electrons. The highest BCUT2D eigenvalue weighted by Gasteiger charge is 2.34. The summed E-state index contributed by atoms with van der Waals surface area (Å²) in [5.74, 6) is -0.975. The lowest BCUT2D eigenvalue weighted by atomic mass is 9.94. The van der Waals surface area contributed by atoms with Crippen LogP contribution < -0.4 is 5.32 Å². The van der Waals surface area contributed by atoms with Crippen LogP contribution in [-0.4, -0.2) is 27.7 Å². The lowest BCUT2D eigenvalue weighted by molar-refractivity contribution is -0.127. The zero-order valence-electron chi connectivity index (χ0n) is 17.7. The smallest absolute Gasteiger partial charge is 0.273 e. The first-order valence-electron chi connectivity index (χ1n) is 10.9. The fourth-order valence-corrected chi connectivity index (χ4v) is 4.83. The van der Waals surface area contributed by atoms with Gasteiger partial charge in [0, 0.05) is 17.1 Å². The molecule has 7 heteroatoms. The van der Waals surface area contributed by atoms with Crippen molar-refractivity contribution >= 4 is 23.2 Å². The summed E-state index contributed by atoms with van der Waals surface area (Å²) in [5, 5.41) is 5.09. The van der Waals surface area contributed by atoms with Gasteiger partial charge in [0.1, 0.15) is 17.6 Å². The van der Waals surface area contributed by atoms with E-state index in [1.54, 1.807) is 41.4 Å². The Kier molecular flexibility index (Phi) is 7.27. The Morgan fingerprint density at radius 1 is 1.06 bits per heavy atom. The number of carbonyl (C=O) groups excluding carboxylic acids is 2. The van der Waals surface area contributed by atoms with Gasteiger partial charge in [-0.25, -0.2) is 4.39 Å². The van der Waals surface area contributed by atoms with Crippen LogP contribution in [0.2, 0.25) is 0 Å². The average Bonchev–Trinajstić information content (AvgIpc) is 3.34. The molecule has 5 nitrogen and oxygen atoms in total. The molecule has 1 saturated carbocycles. The second-order valence-electron chi connectivity index (χ2n) is 8.03. The van der Waals surface area contributed by atoms with Crippen LogP contribution >= 0.6 is 11.3 Å². The van der Waals surface area contributed by atoms with Gasteiger partial charge in [0.05, 0.1) is 6.54 Å². The number of halogens is 1. The van der Waals surface area contributed by atoms with Crippen molar-refractivity contribution in [2.45, 2.75) is 50.7 Å². The van der Waals surface area contributed by atoms with E-state index in [4.69, 9.17) is 0 Å². The Balaban J connectivity index is 1.71. The highest BCUT2D eigenvalue weighted by atomic mass is 32.1. The number of aromatic nitrogens is 1. The minimum absolute atomic E-state index is 0.0905. The van der Waals surface area contributed by atoms with Crippen LogP contribution in [0.5, 0.6) is 0 Å². The van der Waals surface area contributed by atoms with E-state index in [2.05, 4.69) is 10.3 Å². The third-order valence-corrected chi connectivity index (χ3v) is 6.61. The van der Waals surface area contributed by atoms with Crippen LogP contribution in [0.15, 0.2) is 66.2 Å². The fraction of sp³-hybridized carbons (Fsp3) is 0.320. The molecule has 0 bridgehead atoms. The summed E-state index contributed by atoms with van der Waals surface area (Å²) in [6, 6.07) is 14.0. The Labute approximate surface area is 191 Å². The molecule has 4 rings (SSSR count). The summed E-state index contributed by atoms with van der Waals surface area (Å²) in [7, 11) is 0. The molecule has 2 amide bonds.